The van der Waals surface area contributed by atoms with E-state index in [1.807, 2.05) is 0 Å². The zero-order valence-corrected chi connectivity index (χ0v) is 13.2. The van der Waals surface area contributed by atoms with Gasteiger partial charge in [-0.25, -0.2) is 4.79 Å². The van der Waals surface area contributed by atoms with E-state index in [0.717, 1.165) is 0 Å². The number of aromatic nitrogens is 1. The summed E-state index contributed by atoms with van der Waals surface area (Å²) in [6, 6.07) is 11.4. The first-order chi connectivity index (χ1) is 11.5. The van der Waals surface area contributed by atoms with Crippen molar-refractivity contribution in [2.75, 3.05) is 5.32 Å². The van der Waals surface area contributed by atoms with Crippen molar-refractivity contribution in [3.05, 3.63) is 63.6 Å². The molecule has 1 heterocycles. The number of halogens is 1. The van der Waals surface area contributed by atoms with Gasteiger partial charge in [-0.05, 0) is 30.3 Å². The van der Waals surface area contributed by atoms with E-state index >= 15 is 0 Å². The molecule has 0 aliphatic rings. The first-order valence-electron chi connectivity index (χ1n) is 7.23. The summed E-state index contributed by atoms with van der Waals surface area (Å²) in [5, 5.41) is 3.16. The molecule has 0 aliphatic carbocycles. The monoisotopic (exact) mass is 344 g/mol. The summed E-state index contributed by atoms with van der Waals surface area (Å²) in [4.78, 5) is 37.6. The lowest BCUT2D eigenvalue weighted by Gasteiger charge is -2.05. The van der Waals surface area contributed by atoms with E-state index in [1.54, 1.807) is 42.5 Å². The van der Waals surface area contributed by atoms with Crippen molar-refractivity contribution in [3.8, 4) is 0 Å². The van der Waals surface area contributed by atoms with Crippen molar-refractivity contribution in [2.45, 2.75) is 12.8 Å². The number of benzene rings is 2. The molecule has 0 aliphatic heterocycles. The molecule has 6 nitrogen and oxygen atoms in total. The number of hydrogen-bond donors (Lipinski definition) is 2. The number of amides is 1. The number of fused-ring (bicyclic) bond motifs is 1. The molecule has 2 N–H and O–H groups in total. The summed E-state index contributed by atoms with van der Waals surface area (Å²) in [5.74, 6) is -1.00. The van der Waals surface area contributed by atoms with E-state index in [9.17, 15) is 14.4 Å². The molecule has 3 rings (SSSR count). The highest BCUT2D eigenvalue weighted by molar-refractivity contribution is 6.31. The molecule has 0 spiro atoms. The lowest BCUT2D eigenvalue weighted by Crippen LogP contribution is -2.13. The third-order valence-electron chi connectivity index (χ3n) is 3.43. The second kappa shape index (κ2) is 6.72. The van der Waals surface area contributed by atoms with Crippen LogP contribution in [0.3, 0.4) is 0 Å². The summed E-state index contributed by atoms with van der Waals surface area (Å²) < 4.78 is 4.89. The van der Waals surface area contributed by atoms with Crippen LogP contribution in [0.1, 0.15) is 23.2 Å². The van der Waals surface area contributed by atoms with Gasteiger partial charge < -0.3 is 9.73 Å². The van der Waals surface area contributed by atoms with Gasteiger partial charge in [0.05, 0.1) is 5.52 Å². The lowest BCUT2D eigenvalue weighted by atomic mass is 10.1. The van der Waals surface area contributed by atoms with Crippen molar-refractivity contribution >= 4 is 40.1 Å². The Morgan fingerprint density at radius 1 is 1.12 bits per heavy atom. The molecule has 0 saturated carbocycles. The minimum absolute atomic E-state index is 0.0469. The van der Waals surface area contributed by atoms with Crippen LogP contribution in [-0.4, -0.2) is 16.7 Å². The van der Waals surface area contributed by atoms with Gasteiger partial charge in [-0.15, -0.1) is 0 Å². The fourth-order valence-electron chi connectivity index (χ4n) is 2.29. The molecule has 24 heavy (non-hydrogen) atoms. The minimum atomic E-state index is -0.555. The third-order valence-corrected chi connectivity index (χ3v) is 3.66. The molecule has 0 atom stereocenters. The quantitative estimate of drug-likeness (QED) is 0.694. The number of Topliss-reactive ketones (excluding diaryl/α,β-unsaturated/α-hetero) is 1. The highest BCUT2D eigenvalue weighted by Crippen LogP contribution is 2.17. The number of carbonyl (C=O) groups excluding carboxylic acids is 2. The predicted octanol–water partition coefficient (Wildman–Crippen LogP) is 3.38. The average molecular weight is 345 g/mol. The van der Waals surface area contributed by atoms with Gasteiger partial charge in [0, 0.05) is 29.1 Å². The Kier molecular flexibility index (Phi) is 4.48. The van der Waals surface area contributed by atoms with E-state index in [4.69, 9.17) is 16.0 Å². The van der Waals surface area contributed by atoms with Crippen LogP contribution in [0.5, 0.6) is 0 Å². The lowest BCUT2D eigenvalue weighted by molar-refractivity contribution is -0.116. The maximum atomic E-state index is 12.0. The molecule has 0 unspecified atom stereocenters. The van der Waals surface area contributed by atoms with Gasteiger partial charge in [0.25, 0.3) is 0 Å². The van der Waals surface area contributed by atoms with Crippen LogP contribution in [0.25, 0.3) is 11.1 Å². The Labute approximate surface area is 141 Å². The van der Waals surface area contributed by atoms with Crippen LogP contribution in [0.2, 0.25) is 5.02 Å². The number of ketones is 1. The number of nitrogens with one attached hydrogen (secondary N) is 2. The number of carbonyl (C=O) groups is 2. The third kappa shape index (κ3) is 3.72. The van der Waals surface area contributed by atoms with E-state index in [1.165, 1.54) is 0 Å². The molecule has 2 aromatic carbocycles. The average Bonchev–Trinajstić information content (AvgIpc) is 2.92. The molecular formula is C17H13ClN2O4. The van der Waals surface area contributed by atoms with Crippen LogP contribution >= 0.6 is 11.6 Å². The van der Waals surface area contributed by atoms with E-state index in [2.05, 4.69) is 10.3 Å². The number of oxazole rings is 1. The SMILES string of the molecule is O=C(CCC(=O)c1cccc(Cl)c1)Nc1ccc2oc(=O)[nH]c2c1. The highest BCUT2D eigenvalue weighted by Gasteiger charge is 2.11. The van der Waals surface area contributed by atoms with Gasteiger partial charge in [-0.2, -0.15) is 0 Å². The smallest absolute Gasteiger partial charge is 0.408 e. The molecule has 0 fully saturated rings. The van der Waals surface area contributed by atoms with Crippen LogP contribution < -0.4 is 11.1 Å². The summed E-state index contributed by atoms with van der Waals surface area (Å²) in [6.07, 6.45) is 0.127. The number of H-pyrrole nitrogens is 1. The van der Waals surface area contributed by atoms with E-state index in [-0.39, 0.29) is 24.5 Å². The second-order valence-corrected chi connectivity index (χ2v) is 5.64. The Bertz CT molecular complexity index is 974. The van der Waals surface area contributed by atoms with Crippen molar-refractivity contribution in [1.82, 2.24) is 4.98 Å². The van der Waals surface area contributed by atoms with Crippen LogP contribution in [0.4, 0.5) is 5.69 Å². The van der Waals surface area contributed by atoms with Crippen molar-refractivity contribution in [1.29, 1.82) is 0 Å². The Balaban J connectivity index is 1.60. The molecule has 0 bridgehead atoms. The standard InChI is InChI=1S/C17H13ClN2O4/c18-11-3-1-2-10(8-11)14(21)5-7-16(22)19-12-4-6-15-13(9-12)20-17(23)24-15/h1-4,6,8-9H,5,7H2,(H,19,22)(H,20,23). The van der Waals surface area contributed by atoms with Gasteiger partial charge in [0.15, 0.2) is 11.4 Å². The maximum Gasteiger partial charge on any atom is 0.417 e. The first-order valence-corrected chi connectivity index (χ1v) is 7.60. The Morgan fingerprint density at radius 2 is 1.96 bits per heavy atom. The van der Waals surface area contributed by atoms with Crippen molar-refractivity contribution in [3.63, 3.8) is 0 Å². The van der Waals surface area contributed by atoms with Crippen LogP contribution in [-0.2, 0) is 4.79 Å². The molecule has 1 amide bonds. The summed E-state index contributed by atoms with van der Waals surface area (Å²) in [7, 11) is 0. The van der Waals surface area contributed by atoms with Gasteiger partial charge >= 0.3 is 5.76 Å². The van der Waals surface area contributed by atoms with E-state index in [0.29, 0.717) is 27.4 Å². The molecule has 3 aromatic rings. The zero-order valence-electron chi connectivity index (χ0n) is 12.5. The van der Waals surface area contributed by atoms with Gasteiger partial charge in [0.2, 0.25) is 5.91 Å². The highest BCUT2D eigenvalue weighted by atomic mass is 35.5. The topological polar surface area (TPSA) is 92.2 Å². The summed E-state index contributed by atoms with van der Waals surface area (Å²) >= 11 is 5.84. The molecule has 1 aromatic heterocycles. The Hall–Kier alpha value is -2.86. The van der Waals surface area contributed by atoms with Gasteiger partial charge in [-0.3, -0.25) is 14.6 Å². The number of aromatic amines is 1. The molecule has 0 saturated heterocycles. The number of rotatable bonds is 5. The first kappa shape index (κ1) is 16.0. The molecule has 0 radical (unpaired) electrons. The predicted molar refractivity (Wildman–Crippen MR) is 90.5 cm³/mol. The number of hydrogen-bond acceptors (Lipinski definition) is 4. The largest absolute Gasteiger partial charge is 0.417 e. The minimum Gasteiger partial charge on any atom is -0.408 e. The number of anilines is 1. The van der Waals surface area contributed by atoms with Crippen LogP contribution in [0, 0.1) is 0 Å². The van der Waals surface area contributed by atoms with Gasteiger partial charge in [0.1, 0.15) is 0 Å². The fraction of sp³-hybridized carbons (Fsp3) is 0.118. The second-order valence-electron chi connectivity index (χ2n) is 5.21. The van der Waals surface area contributed by atoms with Gasteiger partial charge in [-0.1, -0.05) is 23.7 Å². The van der Waals surface area contributed by atoms with Crippen LogP contribution in [0.15, 0.2) is 51.7 Å². The normalized spacial score (nSPS) is 10.7. The zero-order chi connectivity index (χ0) is 17.1. The van der Waals surface area contributed by atoms with Crippen molar-refractivity contribution < 1.29 is 14.0 Å². The fourth-order valence-corrected chi connectivity index (χ4v) is 2.48. The maximum absolute atomic E-state index is 12.0. The summed E-state index contributed by atoms with van der Waals surface area (Å²) in [5.41, 5.74) is 1.90. The van der Waals surface area contributed by atoms with E-state index < -0.39 is 5.76 Å². The summed E-state index contributed by atoms with van der Waals surface area (Å²) in [6.45, 7) is 0. The van der Waals surface area contributed by atoms with Crippen molar-refractivity contribution in [2.24, 2.45) is 0 Å². The molecule has 7 heteroatoms. The molecular weight excluding hydrogens is 332 g/mol. The molecule has 122 valence electrons. The Morgan fingerprint density at radius 3 is 2.75 bits per heavy atom.